The van der Waals surface area contributed by atoms with Gasteiger partial charge in [-0.15, -0.1) is 0 Å². The van der Waals surface area contributed by atoms with Crippen LogP contribution in [0.4, 0.5) is 0 Å². The van der Waals surface area contributed by atoms with Crippen molar-refractivity contribution in [1.29, 1.82) is 0 Å². The largest absolute Gasteiger partial charge is 0.497 e. The number of carbonyl (C=O) groups excluding carboxylic acids is 1. The minimum atomic E-state index is -0.117. The number of benzene rings is 1. The summed E-state index contributed by atoms with van der Waals surface area (Å²) in [6.07, 6.45) is 1.57. The van der Waals surface area contributed by atoms with Crippen LogP contribution in [0.3, 0.4) is 0 Å². The molecule has 0 radical (unpaired) electrons. The first kappa shape index (κ1) is 13.9. The molecule has 1 amide bonds. The zero-order valence-electron chi connectivity index (χ0n) is 12.2. The number of hydrogen-bond acceptors (Lipinski definition) is 2. The number of ether oxygens (including phenoxy) is 1. The second-order valence-corrected chi connectivity index (χ2v) is 6.07. The van der Waals surface area contributed by atoms with Crippen molar-refractivity contribution in [3.8, 4) is 5.75 Å². The Morgan fingerprint density at radius 1 is 1.37 bits per heavy atom. The first-order chi connectivity index (χ1) is 8.95. The minimum absolute atomic E-state index is 0.117. The lowest BCUT2D eigenvalue weighted by Gasteiger charge is -2.32. The van der Waals surface area contributed by atoms with E-state index in [1.165, 1.54) is 5.56 Å². The molecule has 1 N–H and O–H groups in total. The molecule has 3 heteroatoms. The van der Waals surface area contributed by atoms with Crippen molar-refractivity contribution in [3.05, 3.63) is 29.8 Å². The van der Waals surface area contributed by atoms with Gasteiger partial charge in [-0.2, -0.15) is 0 Å². The smallest absolute Gasteiger partial charge is 0.221 e. The van der Waals surface area contributed by atoms with Gasteiger partial charge in [-0.1, -0.05) is 32.9 Å². The lowest BCUT2D eigenvalue weighted by Crippen LogP contribution is -2.39. The van der Waals surface area contributed by atoms with Crippen LogP contribution in [0.5, 0.6) is 5.75 Å². The molecule has 0 bridgehead atoms. The summed E-state index contributed by atoms with van der Waals surface area (Å²) in [5.41, 5.74) is 1.09. The van der Waals surface area contributed by atoms with E-state index in [2.05, 4.69) is 38.2 Å². The van der Waals surface area contributed by atoms with Crippen LogP contribution in [-0.4, -0.2) is 19.1 Å². The maximum atomic E-state index is 11.8. The first-order valence-electron chi connectivity index (χ1n) is 6.89. The predicted molar refractivity (Wildman–Crippen MR) is 76.3 cm³/mol. The fraction of sp³-hybridized carbons (Fsp3) is 0.562. The topological polar surface area (TPSA) is 38.3 Å². The number of hydrogen-bond donors (Lipinski definition) is 1. The molecule has 2 atom stereocenters. The molecule has 0 saturated carbocycles. The molecule has 0 aromatic heterocycles. The van der Waals surface area contributed by atoms with E-state index in [0.717, 1.165) is 12.2 Å². The van der Waals surface area contributed by atoms with Crippen molar-refractivity contribution < 1.29 is 9.53 Å². The van der Waals surface area contributed by atoms with Crippen LogP contribution in [0.2, 0.25) is 0 Å². The van der Waals surface area contributed by atoms with Crippen LogP contribution in [0.1, 0.15) is 39.2 Å². The average molecular weight is 261 g/mol. The van der Waals surface area contributed by atoms with Gasteiger partial charge in [0, 0.05) is 17.9 Å². The molecule has 1 fully saturated rings. The first-order valence-corrected chi connectivity index (χ1v) is 6.89. The Kier molecular flexibility index (Phi) is 3.83. The monoisotopic (exact) mass is 261 g/mol. The lowest BCUT2D eigenvalue weighted by atomic mass is 9.73. The molecule has 2 unspecified atom stereocenters. The predicted octanol–water partition coefficient (Wildman–Crippen LogP) is 2.89. The van der Waals surface area contributed by atoms with E-state index in [0.29, 0.717) is 12.3 Å². The maximum Gasteiger partial charge on any atom is 0.221 e. The quantitative estimate of drug-likeness (QED) is 0.905. The fourth-order valence-corrected chi connectivity index (χ4v) is 2.93. The van der Waals surface area contributed by atoms with Gasteiger partial charge in [0.15, 0.2) is 0 Å². The van der Waals surface area contributed by atoms with Crippen LogP contribution in [0.25, 0.3) is 0 Å². The van der Waals surface area contributed by atoms with Gasteiger partial charge in [-0.3, -0.25) is 4.79 Å². The number of nitrogens with one attached hydrogen (secondary N) is 1. The second-order valence-electron chi connectivity index (χ2n) is 6.07. The van der Waals surface area contributed by atoms with Gasteiger partial charge in [-0.05, 0) is 30.0 Å². The van der Waals surface area contributed by atoms with Crippen molar-refractivity contribution in [2.24, 2.45) is 5.92 Å². The Balaban J connectivity index is 2.29. The molecule has 1 aliphatic heterocycles. The van der Waals surface area contributed by atoms with Crippen molar-refractivity contribution in [2.75, 3.05) is 7.11 Å². The van der Waals surface area contributed by atoms with Crippen LogP contribution < -0.4 is 10.1 Å². The summed E-state index contributed by atoms with van der Waals surface area (Å²) >= 11 is 0. The average Bonchev–Trinajstić information content (AvgIpc) is 2.64. The SMILES string of the molecule is COc1ccc(C2(C)CC(=O)NC2CC(C)C)cc1. The molecule has 1 aromatic carbocycles. The van der Waals surface area contributed by atoms with Crippen LogP contribution in [0.15, 0.2) is 24.3 Å². The third-order valence-corrected chi connectivity index (χ3v) is 4.09. The van der Waals surface area contributed by atoms with Gasteiger partial charge in [0.25, 0.3) is 0 Å². The summed E-state index contributed by atoms with van der Waals surface area (Å²) in [7, 11) is 1.67. The lowest BCUT2D eigenvalue weighted by molar-refractivity contribution is -0.119. The third-order valence-electron chi connectivity index (χ3n) is 4.09. The van der Waals surface area contributed by atoms with Crippen LogP contribution in [0, 0.1) is 5.92 Å². The van der Waals surface area contributed by atoms with Gasteiger partial charge >= 0.3 is 0 Å². The van der Waals surface area contributed by atoms with E-state index >= 15 is 0 Å². The van der Waals surface area contributed by atoms with Gasteiger partial charge in [0.1, 0.15) is 5.75 Å². The third kappa shape index (κ3) is 2.75. The number of amides is 1. The molecule has 1 aromatic rings. The van der Waals surface area contributed by atoms with Crippen LogP contribution in [-0.2, 0) is 10.2 Å². The Hall–Kier alpha value is -1.51. The van der Waals surface area contributed by atoms with Crippen molar-refractivity contribution in [3.63, 3.8) is 0 Å². The Bertz CT molecular complexity index is 452. The van der Waals surface area contributed by atoms with E-state index in [1.54, 1.807) is 7.11 Å². The number of carbonyl (C=O) groups is 1. The fourth-order valence-electron chi connectivity index (χ4n) is 2.93. The molecule has 19 heavy (non-hydrogen) atoms. The van der Waals surface area contributed by atoms with Crippen molar-refractivity contribution in [1.82, 2.24) is 5.32 Å². The Morgan fingerprint density at radius 2 is 2.00 bits per heavy atom. The zero-order valence-corrected chi connectivity index (χ0v) is 12.2. The molecule has 1 saturated heterocycles. The Labute approximate surface area is 115 Å². The summed E-state index contributed by atoms with van der Waals surface area (Å²) < 4.78 is 5.19. The standard InChI is InChI=1S/C16H23NO2/c1-11(2)9-14-16(3,10-15(18)17-14)12-5-7-13(19-4)8-6-12/h5-8,11,14H,9-10H2,1-4H3,(H,17,18). The number of methoxy groups -OCH3 is 1. The van der Waals surface area contributed by atoms with E-state index in [4.69, 9.17) is 4.74 Å². The minimum Gasteiger partial charge on any atom is -0.497 e. The van der Waals surface area contributed by atoms with Crippen molar-refractivity contribution in [2.45, 2.75) is 45.1 Å². The highest BCUT2D eigenvalue weighted by Crippen LogP contribution is 2.38. The molecule has 104 valence electrons. The molecule has 0 aliphatic carbocycles. The highest BCUT2D eigenvalue weighted by atomic mass is 16.5. The van der Waals surface area contributed by atoms with Crippen molar-refractivity contribution >= 4 is 5.91 Å². The highest BCUT2D eigenvalue weighted by Gasteiger charge is 2.44. The summed E-state index contributed by atoms with van der Waals surface area (Å²) in [6.45, 7) is 6.57. The van der Waals surface area contributed by atoms with Crippen LogP contribution >= 0.6 is 0 Å². The van der Waals surface area contributed by atoms with E-state index in [-0.39, 0.29) is 17.4 Å². The van der Waals surface area contributed by atoms with E-state index in [1.807, 2.05) is 12.1 Å². The van der Waals surface area contributed by atoms with E-state index < -0.39 is 0 Å². The normalized spacial score (nSPS) is 26.6. The Morgan fingerprint density at radius 3 is 2.53 bits per heavy atom. The van der Waals surface area contributed by atoms with Gasteiger partial charge < -0.3 is 10.1 Å². The molecule has 3 nitrogen and oxygen atoms in total. The van der Waals surface area contributed by atoms with Gasteiger partial charge in [0.05, 0.1) is 7.11 Å². The second kappa shape index (κ2) is 5.24. The van der Waals surface area contributed by atoms with E-state index in [9.17, 15) is 4.79 Å². The molecule has 2 rings (SSSR count). The molecule has 1 heterocycles. The zero-order chi connectivity index (χ0) is 14.0. The summed E-state index contributed by atoms with van der Waals surface area (Å²) in [6, 6.07) is 8.30. The maximum absolute atomic E-state index is 11.8. The molecular formula is C16H23NO2. The number of rotatable bonds is 4. The summed E-state index contributed by atoms with van der Waals surface area (Å²) in [5.74, 6) is 1.58. The molecule has 0 spiro atoms. The highest BCUT2D eigenvalue weighted by molar-refractivity contribution is 5.81. The summed E-state index contributed by atoms with van der Waals surface area (Å²) in [5, 5.41) is 3.13. The van der Waals surface area contributed by atoms with Gasteiger partial charge in [-0.25, -0.2) is 0 Å². The summed E-state index contributed by atoms with van der Waals surface area (Å²) in [4.78, 5) is 11.8. The molecule has 1 aliphatic rings. The molecular weight excluding hydrogens is 238 g/mol. The van der Waals surface area contributed by atoms with Gasteiger partial charge in [0.2, 0.25) is 5.91 Å².